The number of carbonyl (C=O) groups is 1. The number of piperazine rings is 1. The van der Waals surface area contributed by atoms with Gasteiger partial charge in [-0.15, -0.1) is 0 Å². The Morgan fingerprint density at radius 2 is 2.00 bits per heavy atom. The number of thiazole rings is 1. The van der Waals surface area contributed by atoms with Crippen LogP contribution in [0.15, 0.2) is 48.8 Å². The molecule has 0 bridgehead atoms. The molecule has 4 aromatic rings. The molecule has 9 heteroatoms. The summed E-state index contributed by atoms with van der Waals surface area (Å²) in [6.45, 7) is 4.82. The normalized spacial score (nSPS) is 14.4. The van der Waals surface area contributed by atoms with Crippen molar-refractivity contribution in [1.82, 2.24) is 24.6 Å². The number of carbonyl (C=O) groups excluding carboxylic acids is 1. The molecule has 1 aliphatic rings. The first-order chi connectivity index (χ1) is 15.1. The number of anilines is 1. The van der Waals surface area contributed by atoms with E-state index in [0.29, 0.717) is 30.1 Å². The van der Waals surface area contributed by atoms with Crippen LogP contribution in [0.2, 0.25) is 5.02 Å². The molecule has 31 heavy (non-hydrogen) atoms. The summed E-state index contributed by atoms with van der Waals surface area (Å²) in [4.78, 5) is 27.4. The maximum atomic E-state index is 13.3. The minimum Gasteiger partial charge on any atom is -0.344 e. The minimum atomic E-state index is 0.0238. The Hall–Kier alpha value is -2.97. The molecule has 0 atom stereocenters. The average Bonchev–Trinajstić information content (AvgIpc) is 3.43. The molecule has 0 spiro atoms. The minimum absolute atomic E-state index is 0.0238. The fraction of sp³-hybridized carbons (Fsp3) is 0.273. The molecule has 1 amide bonds. The Kier molecular flexibility index (Phi) is 5.33. The molecule has 1 fully saturated rings. The van der Waals surface area contributed by atoms with Crippen LogP contribution in [-0.2, 0) is 6.42 Å². The molecular formula is C22H21ClN6OS. The van der Waals surface area contributed by atoms with Crippen molar-refractivity contribution in [3.8, 4) is 5.69 Å². The molecule has 0 aliphatic carbocycles. The third-order valence-electron chi connectivity index (χ3n) is 5.48. The van der Waals surface area contributed by atoms with Gasteiger partial charge in [0.05, 0.1) is 23.1 Å². The van der Waals surface area contributed by atoms with Crippen LogP contribution in [0.25, 0.3) is 16.0 Å². The van der Waals surface area contributed by atoms with Crippen LogP contribution in [0.3, 0.4) is 0 Å². The molecule has 1 saturated heterocycles. The Morgan fingerprint density at radius 3 is 2.74 bits per heavy atom. The molecule has 0 N–H and O–H groups in total. The number of fused-ring (bicyclic) bond motifs is 1. The summed E-state index contributed by atoms with van der Waals surface area (Å²) in [5.74, 6) is 0.0238. The van der Waals surface area contributed by atoms with Crippen LogP contribution in [-0.4, -0.2) is 56.7 Å². The summed E-state index contributed by atoms with van der Waals surface area (Å²) in [6.07, 6.45) is 4.16. The highest BCUT2D eigenvalue weighted by atomic mass is 35.5. The topological polar surface area (TPSA) is 67.2 Å². The Morgan fingerprint density at radius 1 is 1.16 bits per heavy atom. The van der Waals surface area contributed by atoms with Crippen molar-refractivity contribution < 1.29 is 4.79 Å². The van der Waals surface area contributed by atoms with Crippen molar-refractivity contribution in [3.63, 3.8) is 0 Å². The van der Waals surface area contributed by atoms with Gasteiger partial charge in [-0.3, -0.25) is 4.79 Å². The molecule has 0 unspecified atom stereocenters. The lowest BCUT2D eigenvalue weighted by atomic mass is 10.1. The molecule has 1 aliphatic heterocycles. The number of aromatic nitrogens is 4. The lowest BCUT2D eigenvalue weighted by Crippen LogP contribution is -2.48. The van der Waals surface area contributed by atoms with E-state index < -0.39 is 0 Å². The number of nitrogens with zero attached hydrogens (tertiary/aromatic N) is 6. The van der Waals surface area contributed by atoms with E-state index >= 15 is 0 Å². The standard InChI is InChI=1S/C22H21ClN6OS/c1-2-19-17(14-25-29(19)16-6-3-5-15(23)13-16)21(30)27-9-11-28(12-10-27)22-26-18-7-4-8-24-20(18)31-22/h3-8,13-14H,2,9-12H2,1H3. The second-order valence-electron chi connectivity index (χ2n) is 7.35. The molecule has 7 nitrogen and oxygen atoms in total. The van der Waals surface area contributed by atoms with Gasteiger partial charge in [-0.2, -0.15) is 5.10 Å². The number of rotatable bonds is 4. The van der Waals surface area contributed by atoms with E-state index in [1.807, 2.05) is 52.9 Å². The van der Waals surface area contributed by atoms with Crippen LogP contribution in [0, 0.1) is 0 Å². The van der Waals surface area contributed by atoms with E-state index in [1.54, 1.807) is 23.7 Å². The number of benzene rings is 1. The SMILES string of the molecule is CCc1c(C(=O)N2CCN(c3nc4cccnc4s3)CC2)cnn1-c1cccc(Cl)c1. The maximum Gasteiger partial charge on any atom is 0.257 e. The molecule has 3 aromatic heterocycles. The van der Waals surface area contributed by atoms with E-state index in [4.69, 9.17) is 16.6 Å². The third kappa shape index (κ3) is 3.77. The molecule has 158 valence electrons. The molecule has 4 heterocycles. The molecular weight excluding hydrogens is 432 g/mol. The highest BCUT2D eigenvalue weighted by molar-refractivity contribution is 7.21. The summed E-state index contributed by atoms with van der Waals surface area (Å²) < 4.78 is 1.81. The number of hydrogen-bond acceptors (Lipinski definition) is 6. The lowest BCUT2D eigenvalue weighted by Gasteiger charge is -2.34. The van der Waals surface area contributed by atoms with Gasteiger partial charge >= 0.3 is 0 Å². The van der Waals surface area contributed by atoms with Gasteiger partial charge in [-0.25, -0.2) is 14.6 Å². The summed E-state index contributed by atoms with van der Waals surface area (Å²) in [5.41, 5.74) is 3.33. The third-order valence-corrected chi connectivity index (χ3v) is 6.75. The fourth-order valence-electron chi connectivity index (χ4n) is 3.89. The van der Waals surface area contributed by atoms with Gasteiger partial charge in [-0.1, -0.05) is 35.9 Å². The van der Waals surface area contributed by atoms with Crippen molar-refractivity contribution in [2.45, 2.75) is 13.3 Å². The smallest absolute Gasteiger partial charge is 0.257 e. The Labute approximate surface area is 188 Å². The predicted molar refractivity (Wildman–Crippen MR) is 123 cm³/mol. The van der Waals surface area contributed by atoms with E-state index in [0.717, 1.165) is 39.9 Å². The molecule has 5 rings (SSSR count). The lowest BCUT2D eigenvalue weighted by molar-refractivity contribution is 0.0745. The van der Waals surface area contributed by atoms with Crippen LogP contribution >= 0.6 is 22.9 Å². The van der Waals surface area contributed by atoms with Gasteiger partial charge in [0.15, 0.2) is 5.13 Å². The average molecular weight is 453 g/mol. The van der Waals surface area contributed by atoms with Gasteiger partial charge in [-0.05, 0) is 36.8 Å². The Balaban J connectivity index is 1.32. The summed E-state index contributed by atoms with van der Waals surface area (Å²) in [6, 6.07) is 11.4. The van der Waals surface area contributed by atoms with Crippen molar-refractivity contribution in [1.29, 1.82) is 0 Å². The van der Waals surface area contributed by atoms with Crippen LogP contribution in [0.4, 0.5) is 5.13 Å². The van der Waals surface area contributed by atoms with Gasteiger partial charge in [0.1, 0.15) is 10.3 Å². The zero-order chi connectivity index (χ0) is 21.4. The first-order valence-electron chi connectivity index (χ1n) is 10.2. The van der Waals surface area contributed by atoms with Gasteiger partial charge in [0.2, 0.25) is 0 Å². The predicted octanol–water partition coefficient (Wildman–Crippen LogP) is 4.06. The van der Waals surface area contributed by atoms with Gasteiger partial charge < -0.3 is 9.80 Å². The Bertz CT molecular complexity index is 1210. The largest absolute Gasteiger partial charge is 0.344 e. The zero-order valence-electron chi connectivity index (χ0n) is 17.0. The van der Waals surface area contributed by atoms with Crippen LogP contribution in [0.1, 0.15) is 23.0 Å². The maximum absolute atomic E-state index is 13.3. The van der Waals surface area contributed by atoms with E-state index in [-0.39, 0.29) is 5.91 Å². The number of amides is 1. The van der Waals surface area contributed by atoms with Crippen LogP contribution in [0.5, 0.6) is 0 Å². The fourth-order valence-corrected chi connectivity index (χ4v) is 5.03. The number of halogens is 1. The van der Waals surface area contributed by atoms with Gasteiger partial charge in [0, 0.05) is 37.4 Å². The van der Waals surface area contributed by atoms with Crippen molar-refractivity contribution in [2.24, 2.45) is 0 Å². The molecule has 0 saturated carbocycles. The summed E-state index contributed by atoms with van der Waals surface area (Å²) in [7, 11) is 0. The number of hydrogen-bond donors (Lipinski definition) is 0. The first kappa shape index (κ1) is 20.0. The van der Waals surface area contributed by atoms with Gasteiger partial charge in [0.25, 0.3) is 5.91 Å². The van der Waals surface area contributed by atoms with Crippen LogP contribution < -0.4 is 4.90 Å². The van der Waals surface area contributed by atoms with E-state index in [9.17, 15) is 4.79 Å². The second-order valence-corrected chi connectivity index (χ2v) is 8.75. The quantitative estimate of drug-likeness (QED) is 0.467. The molecule has 1 aromatic carbocycles. The van der Waals surface area contributed by atoms with E-state index in [1.165, 1.54) is 0 Å². The monoisotopic (exact) mass is 452 g/mol. The van der Waals surface area contributed by atoms with Crippen molar-refractivity contribution in [2.75, 3.05) is 31.1 Å². The molecule has 0 radical (unpaired) electrons. The highest BCUT2D eigenvalue weighted by Crippen LogP contribution is 2.28. The summed E-state index contributed by atoms with van der Waals surface area (Å²) in [5, 5.41) is 6.09. The first-order valence-corrected chi connectivity index (χ1v) is 11.4. The van der Waals surface area contributed by atoms with Crippen molar-refractivity contribution >= 4 is 44.3 Å². The second kappa shape index (κ2) is 8.28. The zero-order valence-corrected chi connectivity index (χ0v) is 18.6. The number of pyridine rings is 1. The van der Waals surface area contributed by atoms with E-state index in [2.05, 4.69) is 15.0 Å². The highest BCUT2D eigenvalue weighted by Gasteiger charge is 2.27. The van der Waals surface area contributed by atoms with Crippen molar-refractivity contribution in [3.05, 3.63) is 65.1 Å². The summed E-state index contributed by atoms with van der Waals surface area (Å²) >= 11 is 7.74.